The van der Waals surface area contributed by atoms with Crippen LogP contribution < -0.4 is 4.74 Å². The predicted octanol–water partition coefficient (Wildman–Crippen LogP) is 2.67. The molecule has 0 spiro atoms. The summed E-state index contributed by atoms with van der Waals surface area (Å²) < 4.78 is 5.58. The Labute approximate surface area is 104 Å². The van der Waals surface area contributed by atoms with Gasteiger partial charge in [0, 0.05) is 5.56 Å². The van der Waals surface area contributed by atoms with E-state index in [1.165, 1.54) is 12.1 Å². The summed E-state index contributed by atoms with van der Waals surface area (Å²) in [5, 5.41) is 17.9. The molecule has 0 aliphatic rings. The third-order valence-corrected chi connectivity index (χ3v) is 2.47. The highest BCUT2D eigenvalue weighted by atomic mass is 16.5. The zero-order valence-corrected chi connectivity index (χ0v) is 9.54. The van der Waals surface area contributed by atoms with Crippen molar-refractivity contribution in [3.8, 4) is 11.5 Å². The molecule has 0 bridgehead atoms. The van der Waals surface area contributed by atoms with Crippen LogP contribution in [0.3, 0.4) is 0 Å². The van der Waals surface area contributed by atoms with Gasteiger partial charge in [-0.05, 0) is 30.3 Å². The molecule has 2 aromatic rings. The molecule has 2 N–H and O–H groups in total. The van der Waals surface area contributed by atoms with Gasteiger partial charge in [-0.25, -0.2) is 4.79 Å². The minimum Gasteiger partial charge on any atom is -0.478 e. The summed E-state index contributed by atoms with van der Waals surface area (Å²) in [6.45, 7) is -0.108. The van der Waals surface area contributed by atoms with Crippen molar-refractivity contribution in [1.29, 1.82) is 0 Å². The van der Waals surface area contributed by atoms with Crippen LogP contribution in [0, 0.1) is 0 Å². The topological polar surface area (TPSA) is 66.8 Å². The van der Waals surface area contributed by atoms with E-state index in [0.717, 1.165) is 0 Å². The number of aromatic carboxylic acids is 1. The lowest BCUT2D eigenvalue weighted by molar-refractivity contribution is 0.0697. The molecule has 4 heteroatoms. The standard InChI is InChI=1S/C14H12O4/c15-9-11-3-1-2-4-13(11)18-12-7-5-10(6-8-12)14(16)17/h1-8,15H,9H2,(H,16,17). The first-order chi connectivity index (χ1) is 8.70. The number of aliphatic hydroxyl groups excluding tert-OH is 1. The Morgan fingerprint density at radius 1 is 1.06 bits per heavy atom. The van der Waals surface area contributed by atoms with Crippen molar-refractivity contribution >= 4 is 5.97 Å². The maximum atomic E-state index is 10.7. The summed E-state index contributed by atoms with van der Waals surface area (Å²) >= 11 is 0. The van der Waals surface area contributed by atoms with Gasteiger partial charge in [-0.15, -0.1) is 0 Å². The summed E-state index contributed by atoms with van der Waals surface area (Å²) in [5.41, 5.74) is 0.887. The molecule has 4 nitrogen and oxygen atoms in total. The molecule has 18 heavy (non-hydrogen) atoms. The Balaban J connectivity index is 2.21. The molecule has 0 saturated heterocycles. The Morgan fingerprint density at radius 3 is 2.33 bits per heavy atom. The number of ether oxygens (including phenoxy) is 1. The SMILES string of the molecule is O=C(O)c1ccc(Oc2ccccc2CO)cc1. The Bertz CT molecular complexity index is 546. The number of para-hydroxylation sites is 1. The van der Waals surface area contributed by atoms with Crippen molar-refractivity contribution in [1.82, 2.24) is 0 Å². The number of hydrogen-bond donors (Lipinski definition) is 2. The van der Waals surface area contributed by atoms with Crippen LogP contribution in [0.2, 0.25) is 0 Å². The van der Waals surface area contributed by atoms with Gasteiger partial charge in [0.25, 0.3) is 0 Å². The van der Waals surface area contributed by atoms with Crippen molar-refractivity contribution in [2.45, 2.75) is 6.61 Å². The van der Waals surface area contributed by atoms with Gasteiger partial charge in [0.05, 0.1) is 12.2 Å². The summed E-state index contributed by atoms with van der Waals surface area (Å²) in [6, 6.07) is 13.2. The molecular formula is C14H12O4. The van der Waals surface area contributed by atoms with Crippen LogP contribution in [0.4, 0.5) is 0 Å². The van der Waals surface area contributed by atoms with Gasteiger partial charge in [0.15, 0.2) is 0 Å². The predicted molar refractivity (Wildman–Crippen MR) is 65.8 cm³/mol. The molecule has 0 aliphatic carbocycles. The summed E-state index contributed by atoms with van der Waals surface area (Å²) in [5.74, 6) is 0.112. The summed E-state index contributed by atoms with van der Waals surface area (Å²) in [7, 11) is 0. The van der Waals surface area contributed by atoms with Crippen LogP contribution in [0.15, 0.2) is 48.5 Å². The number of rotatable bonds is 4. The molecule has 0 aromatic heterocycles. The van der Waals surface area contributed by atoms with Gasteiger partial charge in [-0.2, -0.15) is 0 Å². The van der Waals surface area contributed by atoms with Crippen molar-refractivity contribution < 1.29 is 19.7 Å². The molecular weight excluding hydrogens is 232 g/mol. The van der Waals surface area contributed by atoms with Crippen molar-refractivity contribution in [2.75, 3.05) is 0 Å². The zero-order valence-electron chi connectivity index (χ0n) is 9.54. The molecule has 2 aromatic carbocycles. The monoisotopic (exact) mass is 244 g/mol. The van der Waals surface area contributed by atoms with Crippen LogP contribution in [0.25, 0.3) is 0 Å². The van der Waals surface area contributed by atoms with Crippen molar-refractivity contribution in [3.63, 3.8) is 0 Å². The largest absolute Gasteiger partial charge is 0.478 e. The second-order valence-corrected chi connectivity index (χ2v) is 3.70. The van der Waals surface area contributed by atoms with Crippen molar-refractivity contribution in [2.24, 2.45) is 0 Å². The van der Waals surface area contributed by atoms with E-state index in [0.29, 0.717) is 17.1 Å². The Kier molecular flexibility index (Phi) is 3.60. The van der Waals surface area contributed by atoms with E-state index < -0.39 is 5.97 Å². The van der Waals surface area contributed by atoms with Crippen LogP contribution >= 0.6 is 0 Å². The number of carbonyl (C=O) groups is 1. The fourth-order valence-electron chi connectivity index (χ4n) is 1.53. The normalized spacial score (nSPS) is 10.1. The van der Waals surface area contributed by atoms with E-state index in [2.05, 4.69) is 0 Å². The third kappa shape index (κ3) is 2.67. The first kappa shape index (κ1) is 12.1. The second-order valence-electron chi connectivity index (χ2n) is 3.70. The average Bonchev–Trinajstić information content (AvgIpc) is 2.40. The highest BCUT2D eigenvalue weighted by Crippen LogP contribution is 2.25. The molecule has 0 radical (unpaired) electrons. The minimum atomic E-state index is -0.975. The molecule has 0 saturated carbocycles. The van der Waals surface area contributed by atoms with Gasteiger partial charge in [0.2, 0.25) is 0 Å². The van der Waals surface area contributed by atoms with E-state index >= 15 is 0 Å². The number of benzene rings is 2. The van der Waals surface area contributed by atoms with Crippen LogP contribution in [-0.4, -0.2) is 16.2 Å². The van der Waals surface area contributed by atoms with E-state index in [1.54, 1.807) is 30.3 Å². The first-order valence-corrected chi connectivity index (χ1v) is 5.40. The summed E-state index contributed by atoms with van der Waals surface area (Å²) in [6.07, 6.45) is 0. The number of hydrogen-bond acceptors (Lipinski definition) is 3. The maximum absolute atomic E-state index is 10.7. The number of carboxylic acid groups (broad SMARTS) is 1. The lowest BCUT2D eigenvalue weighted by Crippen LogP contribution is -1.96. The van der Waals surface area contributed by atoms with Gasteiger partial charge in [0.1, 0.15) is 11.5 Å². The quantitative estimate of drug-likeness (QED) is 0.867. The van der Waals surface area contributed by atoms with Crippen LogP contribution in [0.1, 0.15) is 15.9 Å². The van der Waals surface area contributed by atoms with E-state index in [9.17, 15) is 4.79 Å². The number of aliphatic hydroxyl groups is 1. The number of carboxylic acids is 1. The molecule has 0 amide bonds. The molecule has 0 heterocycles. The maximum Gasteiger partial charge on any atom is 0.335 e. The van der Waals surface area contributed by atoms with E-state index in [1.807, 2.05) is 6.07 Å². The average molecular weight is 244 g/mol. The highest BCUT2D eigenvalue weighted by Gasteiger charge is 2.05. The fourth-order valence-corrected chi connectivity index (χ4v) is 1.53. The third-order valence-electron chi connectivity index (χ3n) is 2.47. The lowest BCUT2D eigenvalue weighted by Gasteiger charge is -2.09. The summed E-state index contributed by atoms with van der Waals surface area (Å²) in [4.78, 5) is 10.7. The van der Waals surface area contributed by atoms with E-state index in [-0.39, 0.29) is 12.2 Å². The lowest BCUT2D eigenvalue weighted by atomic mass is 10.2. The van der Waals surface area contributed by atoms with Gasteiger partial charge in [-0.3, -0.25) is 0 Å². The Morgan fingerprint density at radius 2 is 1.72 bits per heavy atom. The fraction of sp³-hybridized carbons (Fsp3) is 0.0714. The Hall–Kier alpha value is -2.33. The minimum absolute atomic E-state index is 0.108. The first-order valence-electron chi connectivity index (χ1n) is 5.40. The highest BCUT2D eigenvalue weighted by molar-refractivity contribution is 5.87. The van der Waals surface area contributed by atoms with Crippen LogP contribution in [0.5, 0.6) is 11.5 Å². The molecule has 0 unspecified atom stereocenters. The second kappa shape index (κ2) is 5.33. The van der Waals surface area contributed by atoms with Gasteiger partial charge < -0.3 is 14.9 Å². The zero-order chi connectivity index (χ0) is 13.0. The molecule has 0 fully saturated rings. The van der Waals surface area contributed by atoms with Gasteiger partial charge >= 0.3 is 5.97 Å². The van der Waals surface area contributed by atoms with Gasteiger partial charge in [-0.1, -0.05) is 18.2 Å². The smallest absolute Gasteiger partial charge is 0.335 e. The van der Waals surface area contributed by atoms with Crippen molar-refractivity contribution in [3.05, 3.63) is 59.7 Å². The van der Waals surface area contributed by atoms with E-state index in [4.69, 9.17) is 14.9 Å². The molecule has 92 valence electrons. The molecule has 0 atom stereocenters. The molecule has 0 aliphatic heterocycles. The van der Waals surface area contributed by atoms with Crippen LogP contribution in [-0.2, 0) is 6.61 Å². The molecule has 2 rings (SSSR count).